The molecule has 0 aromatic heterocycles. The van der Waals surface area contributed by atoms with E-state index < -0.39 is 173 Å². The number of hydrogen-bond donors (Lipinski definition) is 12. The van der Waals surface area contributed by atoms with Crippen LogP contribution in [0.2, 0.25) is 0 Å². The molecule has 548 valence electrons. The Labute approximate surface area is 573 Å². The van der Waals surface area contributed by atoms with Crippen LogP contribution in [0, 0.1) is 0 Å². The van der Waals surface area contributed by atoms with Gasteiger partial charge in [0.15, 0.2) is 5.78 Å². The van der Waals surface area contributed by atoms with Gasteiger partial charge in [-0.1, -0.05) is 48.5 Å². The fraction of sp³-hybridized carbons (Fsp3) is 0.159. The fourth-order valence-electron chi connectivity index (χ4n) is 11.0. The molecule has 0 spiro atoms. The molecule has 0 fully saturated rings. The summed E-state index contributed by atoms with van der Waals surface area (Å²) < 4.78 is 269. The Hall–Kier alpha value is -12.2. The van der Waals surface area contributed by atoms with Crippen LogP contribution in [0.15, 0.2) is 182 Å². The zero-order chi connectivity index (χ0) is 77.4. The normalized spacial score (nSPS) is 12.5. The minimum atomic E-state index is -6.08. The number of ketones is 1. The Morgan fingerprint density at radius 3 is 0.837 bits per heavy atom. The largest absolute Gasteiger partial charge is 0.506 e. The first-order valence-electron chi connectivity index (χ1n) is 29.2. The molecule has 0 bridgehead atoms. The highest BCUT2D eigenvalue weighted by Crippen LogP contribution is 2.61. The molecule has 9 rings (SSSR count). The van der Waals surface area contributed by atoms with E-state index in [9.17, 15) is 129 Å². The molecule has 17 nitrogen and oxygen atoms in total. The summed E-state index contributed by atoms with van der Waals surface area (Å²) in [5.74, 6) is -8.32. The Morgan fingerprint density at radius 1 is 0.317 bits per heavy atom. The number of Topliss-reactive ketones (excluding diaryl/α,β-unsaturated/α-hetero) is 1. The number of nitrogen functional groups attached to an aromatic ring is 2. The van der Waals surface area contributed by atoms with Crippen LogP contribution in [0.5, 0.6) is 46.0 Å². The maximum absolute atomic E-state index is 14.8. The monoisotopic (exact) mass is 1480 g/mol. The van der Waals surface area contributed by atoms with Crippen LogP contribution < -0.4 is 37.5 Å². The fourth-order valence-corrected chi connectivity index (χ4v) is 11.0. The number of aromatic hydroxyl groups is 6. The first kappa shape index (κ1) is 77.5. The highest BCUT2D eigenvalue weighted by molar-refractivity contribution is 6.07. The predicted octanol–water partition coefficient (Wildman–Crippen LogP) is 16.8. The number of phenols is 6. The molecule has 0 aliphatic heterocycles. The lowest BCUT2D eigenvalue weighted by atomic mass is 9.72. The number of hydrogen-bond acceptors (Lipinski definition) is 14. The van der Waals surface area contributed by atoms with Gasteiger partial charge < -0.3 is 68.1 Å². The van der Waals surface area contributed by atoms with E-state index in [0.29, 0.717) is 103 Å². The number of ether oxygens (including phenoxy) is 1. The van der Waals surface area contributed by atoms with Crippen LogP contribution in [-0.2, 0) is 16.2 Å². The van der Waals surface area contributed by atoms with E-state index in [2.05, 4.69) is 21.3 Å². The van der Waals surface area contributed by atoms with Crippen LogP contribution in [0.3, 0.4) is 0 Å². The quantitative estimate of drug-likeness (QED) is 0.0185. The number of benzene rings is 9. The standard InChI is InChI=1S/C45H32F12N4O7.C24H18F6N2O4/c1-59-31-19-25(7-15-35(31)63)41(44(52,53)54,45(55,56)57)27-9-17-37(65)33(21-27)61-39(67)23-4-12-29(13-5-23)68-28-10-2-22(3-11-28)38(66)60-32-20-26(8-16-36(32)64)40(42(46,47)48,43(49,50)51)24-6-14-34(62)30(58)18-24;1-12(33)13-3-2-4-14(9-13)21(36)32-18-11-16(6-8-20(18)35)22(23(25,26)27,24(28,29)30)15-5-7-19(34)17(31)10-15/h2-21,59,62-65H,58H2,1H3,(H,60,66)(H,61,67);2-11,34-35H,31H2,1H3,(H,32,36). The van der Waals surface area contributed by atoms with E-state index in [0.717, 1.165) is 31.3 Å². The van der Waals surface area contributed by atoms with Gasteiger partial charge in [0.2, 0.25) is 16.2 Å². The topological polar surface area (TPSA) is 299 Å². The van der Waals surface area contributed by atoms with Crippen molar-refractivity contribution in [2.24, 2.45) is 0 Å². The van der Waals surface area contributed by atoms with Crippen LogP contribution in [0.1, 0.15) is 81.7 Å². The summed E-state index contributed by atoms with van der Waals surface area (Å²) in [5, 5.41) is 68.6. The lowest BCUT2D eigenvalue weighted by molar-refractivity contribution is -0.290. The average molecular weight is 1480 g/mol. The van der Waals surface area contributed by atoms with Crippen molar-refractivity contribution in [1.82, 2.24) is 0 Å². The minimum absolute atomic E-state index is 0.0203. The van der Waals surface area contributed by atoms with Crippen LogP contribution >= 0.6 is 0 Å². The number of amides is 3. The summed E-state index contributed by atoms with van der Waals surface area (Å²) in [6.45, 7) is 1.23. The number of alkyl halides is 18. The third-order valence-electron chi connectivity index (χ3n) is 16.2. The number of phenolic OH excluding ortho intramolecular Hbond substituents is 6. The van der Waals surface area contributed by atoms with Crippen molar-refractivity contribution in [3.8, 4) is 46.0 Å². The van der Waals surface area contributed by atoms with Gasteiger partial charge in [-0.2, -0.15) is 79.0 Å². The van der Waals surface area contributed by atoms with Crippen molar-refractivity contribution in [3.05, 3.63) is 238 Å². The molecule has 0 atom stereocenters. The lowest BCUT2D eigenvalue weighted by Gasteiger charge is -2.38. The summed E-state index contributed by atoms with van der Waals surface area (Å²) >= 11 is 0. The number of rotatable bonds is 16. The van der Waals surface area contributed by atoms with Gasteiger partial charge in [0, 0.05) is 29.3 Å². The second kappa shape index (κ2) is 28.3. The van der Waals surface area contributed by atoms with Crippen LogP contribution in [0.25, 0.3) is 0 Å². The van der Waals surface area contributed by atoms with Gasteiger partial charge in [-0.05, 0) is 174 Å². The highest BCUT2D eigenvalue weighted by atomic mass is 19.4. The Balaban J connectivity index is 0.000000319. The average Bonchev–Trinajstić information content (AvgIpc) is 0.727. The number of carbonyl (C=O) groups is 4. The number of carbonyl (C=O) groups excluding carboxylic acids is 4. The molecule has 14 N–H and O–H groups in total. The summed E-state index contributed by atoms with van der Waals surface area (Å²) in [6, 6.07) is 22.4. The molecule has 0 aliphatic rings. The zero-order valence-electron chi connectivity index (χ0n) is 52.5. The first-order valence-corrected chi connectivity index (χ1v) is 29.2. The van der Waals surface area contributed by atoms with E-state index in [-0.39, 0.29) is 45.6 Å². The third kappa shape index (κ3) is 14.7. The SMILES string of the molecule is CC(=O)c1cccc(C(=O)Nc2cc(C(c3ccc(O)c(N)c3)(C(F)(F)F)C(F)(F)F)ccc2O)c1.CNc1cc(C(c2ccc(O)c(NC(=O)c3ccc(Oc4ccc(C(=O)Nc5cc(C(c6ccc(O)c(N)c6)(C(F)(F)F)C(F)(F)F)ccc5O)cc4)cc3)c2)(C(F)(F)F)C(F)(F)F)ccc1O. The summed E-state index contributed by atoms with van der Waals surface area (Å²) in [5.41, 5.74) is -16.5. The number of anilines is 6. The van der Waals surface area contributed by atoms with Crippen molar-refractivity contribution in [3.63, 3.8) is 0 Å². The second-order valence-corrected chi connectivity index (χ2v) is 22.6. The first-order chi connectivity index (χ1) is 48.1. The summed E-state index contributed by atoms with van der Waals surface area (Å²) in [7, 11) is 1.16. The third-order valence-corrected chi connectivity index (χ3v) is 16.2. The van der Waals surface area contributed by atoms with Crippen molar-refractivity contribution in [2.45, 2.75) is 60.2 Å². The van der Waals surface area contributed by atoms with Crippen molar-refractivity contribution >= 4 is 57.6 Å². The molecule has 0 aliphatic carbocycles. The summed E-state index contributed by atoms with van der Waals surface area (Å²) in [4.78, 5) is 50.5. The second-order valence-electron chi connectivity index (χ2n) is 22.6. The molecule has 0 saturated carbocycles. The highest BCUT2D eigenvalue weighted by Gasteiger charge is 2.75. The van der Waals surface area contributed by atoms with E-state index in [1.165, 1.54) is 55.5 Å². The molecule has 0 radical (unpaired) electrons. The van der Waals surface area contributed by atoms with E-state index >= 15 is 0 Å². The van der Waals surface area contributed by atoms with Crippen molar-refractivity contribution in [1.29, 1.82) is 0 Å². The Morgan fingerprint density at radius 2 is 0.567 bits per heavy atom. The maximum atomic E-state index is 14.8. The van der Waals surface area contributed by atoms with Crippen molar-refractivity contribution < 1.29 is 134 Å². The molecule has 104 heavy (non-hydrogen) atoms. The number of nitrogens with two attached hydrogens (primary N) is 2. The van der Waals surface area contributed by atoms with Gasteiger partial charge in [0.05, 0.1) is 34.1 Å². The summed E-state index contributed by atoms with van der Waals surface area (Å²) in [6.07, 6.45) is -36.2. The van der Waals surface area contributed by atoms with Crippen LogP contribution in [0.4, 0.5) is 113 Å². The lowest BCUT2D eigenvalue weighted by Crippen LogP contribution is -2.54. The number of nitrogens with one attached hydrogen (secondary N) is 4. The van der Waals surface area contributed by atoms with Gasteiger partial charge in [-0.3, -0.25) is 19.2 Å². The van der Waals surface area contributed by atoms with Gasteiger partial charge in [-0.25, -0.2) is 0 Å². The minimum Gasteiger partial charge on any atom is -0.506 e. The zero-order valence-corrected chi connectivity index (χ0v) is 52.5. The van der Waals surface area contributed by atoms with E-state index in [4.69, 9.17) is 16.2 Å². The Kier molecular flexibility index (Phi) is 21.1. The molecular formula is C69H50F18N6O11. The molecule has 35 heteroatoms. The van der Waals surface area contributed by atoms with Gasteiger partial charge in [-0.15, -0.1) is 0 Å². The van der Waals surface area contributed by atoms with Crippen molar-refractivity contribution in [2.75, 3.05) is 39.8 Å². The molecule has 3 amide bonds. The Bertz CT molecular complexity index is 4710. The molecule has 9 aromatic rings. The maximum Gasteiger partial charge on any atom is 0.411 e. The van der Waals surface area contributed by atoms with Gasteiger partial charge >= 0.3 is 37.1 Å². The van der Waals surface area contributed by atoms with Crippen LogP contribution in [-0.4, -0.2) is 98.2 Å². The van der Waals surface area contributed by atoms with E-state index in [1.54, 1.807) is 0 Å². The molecule has 0 unspecified atom stereocenters. The molecule has 9 aromatic carbocycles. The molecule has 0 saturated heterocycles. The number of halogens is 18. The molecule has 0 heterocycles. The smallest absolute Gasteiger partial charge is 0.411 e. The van der Waals surface area contributed by atoms with Gasteiger partial charge in [0.25, 0.3) is 17.7 Å². The van der Waals surface area contributed by atoms with E-state index in [1.807, 2.05) is 0 Å². The molecular weight excluding hydrogens is 1430 g/mol. The predicted molar refractivity (Wildman–Crippen MR) is 339 cm³/mol. The van der Waals surface area contributed by atoms with Gasteiger partial charge in [0.1, 0.15) is 46.0 Å².